The van der Waals surface area contributed by atoms with Gasteiger partial charge in [-0.05, 0) is 66.8 Å². The number of nitrogens with one attached hydrogen (secondary N) is 1. The van der Waals surface area contributed by atoms with Crippen LogP contribution in [-0.2, 0) is 19.3 Å². The zero-order valence-electron chi connectivity index (χ0n) is 10.0. The van der Waals surface area contributed by atoms with Crippen molar-refractivity contribution in [2.45, 2.75) is 31.7 Å². The van der Waals surface area contributed by atoms with Gasteiger partial charge in [-0.1, -0.05) is 0 Å². The second-order valence-electron chi connectivity index (χ2n) is 4.63. The van der Waals surface area contributed by atoms with Crippen LogP contribution in [0.2, 0.25) is 0 Å². The Balaban J connectivity index is 1.80. The summed E-state index contributed by atoms with van der Waals surface area (Å²) < 4.78 is 0. The van der Waals surface area contributed by atoms with Crippen LogP contribution in [-0.4, -0.2) is 7.05 Å². The number of hydrogen-bond acceptors (Lipinski definition) is 3. The average Bonchev–Trinajstić information content (AvgIpc) is 3.01. The Kier molecular flexibility index (Phi) is 3.32. The zero-order chi connectivity index (χ0) is 11.7. The molecule has 0 saturated carbocycles. The van der Waals surface area contributed by atoms with Gasteiger partial charge < -0.3 is 5.32 Å². The van der Waals surface area contributed by atoms with Gasteiger partial charge in [-0.2, -0.15) is 11.3 Å². The molecule has 0 saturated heterocycles. The molecule has 2 aromatic heterocycles. The van der Waals surface area contributed by atoms with E-state index in [1.54, 1.807) is 21.8 Å². The van der Waals surface area contributed by atoms with E-state index in [1.165, 1.54) is 29.7 Å². The van der Waals surface area contributed by atoms with Crippen molar-refractivity contribution in [2.75, 3.05) is 7.05 Å². The van der Waals surface area contributed by atoms with E-state index in [-0.39, 0.29) is 0 Å². The van der Waals surface area contributed by atoms with E-state index >= 15 is 0 Å². The zero-order valence-corrected chi connectivity index (χ0v) is 11.7. The predicted molar refractivity (Wildman–Crippen MR) is 76.2 cm³/mol. The van der Waals surface area contributed by atoms with Crippen LogP contribution in [0.5, 0.6) is 0 Å². The van der Waals surface area contributed by atoms with E-state index in [2.05, 4.69) is 35.3 Å². The Morgan fingerprint density at radius 2 is 2.35 bits per heavy atom. The van der Waals surface area contributed by atoms with Crippen LogP contribution in [0.25, 0.3) is 0 Å². The molecule has 2 aromatic rings. The summed E-state index contributed by atoms with van der Waals surface area (Å²) in [6, 6.07) is 5.15. The summed E-state index contributed by atoms with van der Waals surface area (Å²) in [4.78, 5) is 3.15. The van der Waals surface area contributed by atoms with Crippen molar-refractivity contribution in [1.29, 1.82) is 0 Å². The molecular formula is C14H17NS2. The first-order valence-corrected chi connectivity index (χ1v) is 7.92. The number of likely N-dealkylation sites (N-methyl/N-ethyl adjacent to an activating group) is 1. The third kappa shape index (κ3) is 2.32. The van der Waals surface area contributed by atoms with Crippen molar-refractivity contribution in [1.82, 2.24) is 5.32 Å². The minimum atomic E-state index is 0.486. The Labute approximate surface area is 111 Å². The lowest BCUT2D eigenvalue weighted by Gasteiger charge is -2.13. The Morgan fingerprint density at radius 3 is 3.06 bits per heavy atom. The maximum Gasteiger partial charge on any atom is 0.0453 e. The first-order valence-electron chi connectivity index (χ1n) is 6.16. The summed E-state index contributed by atoms with van der Waals surface area (Å²) in [5, 5.41) is 7.88. The highest BCUT2D eigenvalue weighted by Gasteiger charge is 2.19. The second kappa shape index (κ2) is 4.92. The molecule has 1 N–H and O–H groups in total. The molecule has 17 heavy (non-hydrogen) atoms. The van der Waals surface area contributed by atoms with Gasteiger partial charge in [0.2, 0.25) is 0 Å². The maximum atomic E-state index is 3.46. The van der Waals surface area contributed by atoms with Crippen LogP contribution in [0.4, 0.5) is 0 Å². The summed E-state index contributed by atoms with van der Waals surface area (Å²) >= 11 is 3.80. The molecule has 1 aliphatic carbocycles. The Bertz CT molecular complexity index is 463. The van der Waals surface area contributed by atoms with Gasteiger partial charge in [0.1, 0.15) is 0 Å². The van der Waals surface area contributed by atoms with Crippen molar-refractivity contribution in [2.24, 2.45) is 0 Å². The SMILES string of the molecule is CNC(Cc1ccsc1)c1cc2c(s1)CCC2. The second-order valence-corrected chi connectivity index (χ2v) is 6.58. The van der Waals surface area contributed by atoms with Crippen LogP contribution in [0, 0.1) is 0 Å². The molecule has 2 heterocycles. The molecular weight excluding hydrogens is 246 g/mol. The average molecular weight is 263 g/mol. The maximum absolute atomic E-state index is 3.46. The lowest BCUT2D eigenvalue weighted by molar-refractivity contribution is 0.602. The molecule has 0 bridgehead atoms. The molecule has 0 aliphatic heterocycles. The smallest absolute Gasteiger partial charge is 0.0453 e. The highest BCUT2D eigenvalue weighted by atomic mass is 32.1. The van der Waals surface area contributed by atoms with Gasteiger partial charge in [0.25, 0.3) is 0 Å². The van der Waals surface area contributed by atoms with Crippen LogP contribution in [0.1, 0.15) is 33.3 Å². The molecule has 1 nitrogen and oxygen atoms in total. The van der Waals surface area contributed by atoms with E-state index in [0.717, 1.165) is 6.42 Å². The molecule has 0 radical (unpaired) electrons. The lowest BCUT2D eigenvalue weighted by atomic mass is 10.1. The molecule has 1 atom stereocenters. The predicted octanol–water partition coefficient (Wildman–Crippen LogP) is 3.80. The van der Waals surface area contributed by atoms with Gasteiger partial charge in [0.05, 0.1) is 0 Å². The summed E-state index contributed by atoms with van der Waals surface area (Å²) in [7, 11) is 2.07. The Hall–Kier alpha value is -0.640. The molecule has 3 rings (SSSR count). The highest BCUT2D eigenvalue weighted by Crippen LogP contribution is 2.34. The fourth-order valence-corrected chi connectivity index (χ4v) is 4.56. The summed E-state index contributed by atoms with van der Waals surface area (Å²) in [5.74, 6) is 0. The number of hydrogen-bond donors (Lipinski definition) is 1. The molecule has 90 valence electrons. The van der Waals surface area contributed by atoms with Gasteiger partial charge in [-0.25, -0.2) is 0 Å². The van der Waals surface area contributed by atoms with Gasteiger partial charge in [0, 0.05) is 15.8 Å². The minimum absolute atomic E-state index is 0.486. The van der Waals surface area contributed by atoms with Gasteiger partial charge in [-0.15, -0.1) is 11.3 Å². The highest BCUT2D eigenvalue weighted by molar-refractivity contribution is 7.12. The molecule has 1 unspecified atom stereocenters. The first kappa shape index (κ1) is 11.5. The van der Waals surface area contributed by atoms with Gasteiger partial charge >= 0.3 is 0 Å². The number of fused-ring (bicyclic) bond motifs is 1. The fraction of sp³-hybridized carbons (Fsp3) is 0.429. The van der Waals surface area contributed by atoms with Crippen molar-refractivity contribution in [3.8, 4) is 0 Å². The molecule has 3 heteroatoms. The van der Waals surface area contributed by atoms with Crippen LogP contribution < -0.4 is 5.32 Å². The number of aryl methyl sites for hydroxylation is 2. The summed E-state index contributed by atoms with van der Waals surface area (Å²) in [6.45, 7) is 0. The first-order chi connectivity index (χ1) is 8.36. The lowest BCUT2D eigenvalue weighted by Crippen LogP contribution is -2.17. The van der Waals surface area contributed by atoms with E-state index < -0.39 is 0 Å². The molecule has 0 amide bonds. The fourth-order valence-electron chi connectivity index (χ4n) is 2.51. The molecule has 0 spiro atoms. The van der Waals surface area contributed by atoms with Gasteiger partial charge in [0.15, 0.2) is 0 Å². The normalized spacial score (nSPS) is 16.1. The topological polar surface area (TPSA) is 12.0 Å². The van der Waals surface area contributed by atoms with E-state index in [9.17, 15) is 0 Å². The van der Waals surface area contributed by atoms with Crippen molar-refractivity contribution in [3.63, 3.8) is 0 Å². The van der Waals surface area contributed by atoms with E-state index in [4.69, 9.17) is 0 Å². The largest absolute Gasteiger partial charge is 0.312 e. The van der Waals surface area contributed by atoms with Crippen molar-refractivity contribution in [3.05, 3.63) is 43.8 Å². The van der Waals surface area contributed by atoms with Crippen molar-refractivity contribution < 1.29 is 0 Å². The minimum Gasteiger partial charge on any atom is -0.312 e. The molecule has 0 fully saturated rings. The quantitative estimate of drug-likeness (QED) is 0.884. The van der Waals surface area contributed by atoms with Gasteiger partial charge in [-0.3, -0.25) is 0 Å². The molecule has 1 aliphatic rings. The third-order valence-corrected chi connectivity index (χ3v) is 5.56. The number of thiophene rings is 2. The van der Waals surface area contributed by atoms with Crippen LogP contribution in [0.3, 0.4) is 0 Å². The van der Waals surface area contributed by atoms with Crippen molar-refractivity contribution >= 4 is 22.7 Å². The van der Waals surface area contributed by atoms with Crippen LogP contribution >= 0.6 is 22.7 Å². The number of rotatable bonds is 4. The third-order valence-electron chi connectivity index (χ3n) is 3.48. The van der Waals surface area contributed by atoms with E-state index in [0.29, 0.717) is 6.04 Å². The standard InChI is InChI=1S/C14H17NS2/c1-15-12(7-10-5-6-16-9-10)14-8-11-3-2-4-13(11)17-14/h5-6,8-9,12,15H,2-4,7H2,1H3. The Morgan fingerprint density at radius 1 is 1.41 bits per heavy atom. The van der Waals surface area contributed by atoms with E-state index in [1.807, 2.05) is 11.3 Å². The molecule has 0 aromatic carbocycles. The monoisotopic (exact) mass is 263 g/mol. The summed E-state index contributed by atoms with van der Waals surface area (Å²) in [6.07, 6.45) is 5.06. The van der Waals surface area contributed by atoms with Crippen LogP contribution in [0.15, 0.2) is 22.9 Å². The summed E-state index contributed by atoms with van der Waals surface area (Å²) in [5.41, 5.74) is 3.05.